The Bertz CT molecular complexity index is 1060. The fraction of sp³-hybridized carbons (Fsp3) is 0.292. The van der Waals surface area contributed by atoms with Crippen molar-refractivity contribution in [3.63, 3.8) is 0 Å². The van der Waals surface area contributed by atoms with Crippen LogP contribution in [0.2, 0.25) is 0 Å². The molecule has 0 fully saturated rings. The molecular formula is C24H28N4O4. The number of rotatable bonds is 8. The van der Waals surface area contributed by atoms with Crippen LogP contribution in [0.3, 0.4) is 0 Å². The van der Waals surface area contributed by atoms with Crippen LogP contribution in [0.1, 0.15) is 31.4 Å². The molecule has 3 aromatic rings. The standard InChI is InChI=1S/C24H28N4O4/c1-16(2)12-22(29)27-28-23(30)21(13-18-14-25-20-11-7-6-10-19(18)20)26-24(31)32-15-17-8-4-3-5-9-17/h3-11,14,16,21,25H,12-13,15H2,1-2H3,(H,26,31)(H,27,29)(H,28,30)/t21-/m0/s1. The van der Waals surface area contributed by atoms with Crippen molar-refractivity contribution in [2.24, 2.45) is 5.92 Å². The monoisotopic (exact) mass is 436 g/mol. The molecule has 1 aromatic heterocycles. The Hall–Kier alpha value is -3.81. The average Bonchev–Trinajstić information content (AvgIpc) is 3.19. The molecule has 0 aliphatic rings. The maximum atomic E-state index is 12.8. The van der Waals surface area contributed by atoms with Crippen LogP contribution >= 0.6 is 0 Å². The van der Waals surface area contributed by atoms with Crippen molar-refractivity contribution in [1.29, 1.82) is 0 Å². The Morgan fingerprint density at radius 1 is 0.969 bits per heavy atom. The molecule has 0 radical (unpaired) electrons. The first-order valence-corrected chi connectivity index (χ1v) is 10.5. The number of nitrogens with one attached hydrogen (secondary N) is 4. The van der Waals surface area contributed by atoms with Gasteiger partial charge in [0, 0.05) is 29.9 Å². The summed E-state index contributed by atoms with van der Waals surface area (Å²) < 4.78 is 5.27. The Morgan fingerprint density at radius 2 is 1.69 bits per heavy atom. The lowest BCUT2D eigenvalue weighted by Crippen LogP contribution is -2.53. The molecule has 8 heteroatoms. The van der Waals surface area contributed by atoms with E-state index in [-0.39, 0.29) is 31.3 Å². The van der Waals surface area contributed by atoms with Crippen molar-refractivity contribution in [2.45, 2.75) is 39.3 Å². The van der Waals surface area contributed by atoms with E-state index in [1.54, 1.807) is 6.20 Å². The van der Waals surface area contributed by atoms with Gasteiger partial charge < -0.3 is 15.0 Å². The number of H-pyrrole nitrogens is 1. The lowest BCUT2D eigenvalue weighted by atomic mass is 10.0. The molecule has 8 nitrogen and oxygen atoms in total. The number of hydrazine groups is 1. The smallest absolute Gasteiger partial charge is 0.408 e. The number of hydrogen-bond acceptors (Lipinski definition) is 4. The number of ether oxygens (including phenoxy) is 1. The lowest BCUT2D eigenvalue weighted by Gasteiger charge is -2.19. The first-order chi connectivity index (χ1) is 15.4. The summed E-state index contributed by atoms with van der Waals surface area (Å²) in [5.74, 6) is -0.685. The van der Waals surface area contributed by atoms with E-state index in [0.29, 0.717) is 0 Å². The van der Waals surface area contributed by atoms with Crippen LogP contribution in [0, 0.1) is 5.92 Å². The summed E-state index contributed by atoms with van der Waals surface area (Å²) in [6.07, 6.45) is 1.58. The zero-order valence-corrected chi connectivity index (χ0v) is 18.2. The van der Waals surface area contributed by atoms with Gasteiger partial charge in [0.15, 0.2) is 0 Å². The summed E-state index contributed by atoms with van der Waals surface area (Å²) in [4.78, 5) is 40.3. The molecule has 1 atom stereocenters. The Morgan fingerprint density at radius 3 is 2.44 bits per heavy atom. The summed E-state index contributed by atoms with van der Waals surface area (Å²) in [6, 6.07) is 16.0. The van der Waals surface area contributed by atoms with Crippen LogP contribution < -0.4 is 16.2 Å². The van der Waals surface area contributed by atoms with E-state index in [2.05, 4.69) is 21.2 Å². The summed E-state index contributed by atoms with van der Waals surface area (Å²) in [5, 5.41) is 3.57. The second kappa shape index (κ2) is 11.0. The van der Waals surface area contributed by atoms with Gasteiger partial charge in [0.2, 0.25) is 5.91 Å². The van der Waals surface area contributed by atoms with Crippen molar-refractivity contribution < 1.29 is 19.1 Å². The summed E-state index contributed by atoms with van der Waals surface area (Å²) in [5.41, 5.74) is 7.43. The number of alkyl carbamates (subject to hydrolysis) is 1. The second-order valence-corrected chi connectivity index (χ2v) is 7.96. The SMILES string of the molecule is CC(C)CC(=O)NNC(=O)[C@H](Cc1c[nH]c2ccccc12)NC(=O)OCc1ccccc1. The van der Waals surface area contributed by atoms with Crippen LogP contribution in [-0.2, 0) is 27.4 Å². The molecule has 1 heterocycles. The molecule has 0 saturated carbocycles. The van der Waals surface area contributed by atoms with Crippen LogP contribution in [0.5, 0.6) is 0 Å². The largest absolute Gasteiger partial charge is 0.445 e. The highest BCUT2D eigenvalue weighted by Gasteiger charge is 2.24. The Kier molecular flexibility index (Phi) is 7.85. The Labute approximate surface area is 186 Å². The first-order valence-electron chi connectivity index (χ1n) is 10.5. The zero-order valence-electron chi connectivity index (χ0n) is 18.2. The summed E-state index contributed by atoms with van der Waals surface area (Å²) in [7, 11) is 0. The van der Waals surface area contributed by atoms with Gasteiger partial charge >= 0.3 is 6.09 Å². The summed E-state index contributed by atoms with van der Waals surface area (Å²) >= 11 is 0. The number of hydrogen-bond donors (Lipinski definition) is 4. The van der Waals surface area contributed by atoms with E-state index in [1.807, 2.05) is 68.4 Å². The highest BCUT2D eigenvalue weighted by atomic mass is 16.5. The highest BCUT2D eigenvalue weighted by Crippen LogP contribution is 2.19. The van der Waals surface area contributed by atoms with Gasteiger partial charge in [0.05, 0.1) is 0 Å². The van der Waals surface area contributed by atoms with Gasteiger partial charge in [-0.25, -0.2) is 4.79 Å². The van der Waals surface area contributed by atoms with Gasteiger partial charge in [-0.1, -0.05) is 62.4 Å². The molecule has 4 N–H and O–H groups in total. The fourth-order valence-electron chi connectivity index (χ4n) is 3.28. The predicted molar refractivity (Wildman–Crippen MR) is 121 cm³/mol. The average molecular weight is 437 g/mol. The van der Waals surface area contributed by atoms with Crippen LogP contribution in [0.15, 0.2) is 60.8 Å². The van der Waals surface area contributed by atoms with Gasteiger partial charge in [-0.15, -0.1) is 0 Å². The van der Waals surface area contributed by atoms with Gasteiger partial charge in [-0.3, -0.25) is 20.4 Å². The van der Waals surface area contributed by atoms with Crippen molar-refractivity contribution in [1.82, 2.24) is 21.2 Å². The van der Waals surface area contributed by atoms with Gasteiger partial charge in [0.25, 0.3) is 5.91 Å². The van der Waals surface area contributed by atoms with E-state index in [4.69, 9.17) is 4.74 Å². The number of carbonyl (C=O) groups is 3. The third-order valence-corrected chi connectivity index (χ3v) is 4.84. The molecule has 0 aliphatic heterocycles. The molecule has 3 rings (SSSR count). The lowest BCUT2D eigenvalue weighted by molar-refractivity contribution is -0.130. The van der Waals surface area contributed by atoms with Gasteiger partial charge in [-0.05, 0) is 23.1 Å². The second-order valence-electron chi connectivity index (χ2n) is 7.96. The number of benzene rings is 2. The van der Waals surface area contributed by atoms with Crippen molar-refractivity contribution in [3.05, 3.63) is 71.9 Å². The van der Waals surface area contributed by atoms with Gasteiger partial charge in [0.1, 0.15) is 12.6 Å². The third-order valence-electron chi connectivity index (χ3n) is 4.84. The maximum absolute atomic E-state index is 12.8. The molecule has 2 aromatic carbocycles. The zero-order chi connectivity index (χ0) is 22.9. The third kappa shape index (κ3) is 6.60. The number of carbonyl (C=O) groups excluding carboxylic acids is 3. The highest BCUT2D eigenvalue weighted by molar-refractivity contribution is 5.89. The van der Waals surface area contributed by atoms with Crippen LogP contribution in [0.25, 0.3) is 10.9 Å². The molecule has 0 spiro atoms. The fourth-order valence-corrected chi connectivity index (χ4v) is 3.28. The van der Waals surface area contributed by atoms with Crippen molar-refractivity contribution >= 4 is 28.8 Å². The normalized spacial score (nSPS) is 11.7. The number of para-hydroxylation sites is 1. The molecule has 0 aliphatic carbocycles. The number of fused-ring (bicyclic) bond motifs is 1. The first kappa shape index (κ1) is 22.9. The minimum Gasteiger partial charge on any atom is -0.445 e. The van der Waals surface area contributed by atoms with Crippen LogP contribution in [0.4, 0.5) is 4.79 Å². The van der Waals surface area contributed by atoms with E-state index >= 15 is 0 Å². The molecule has 3 amide bonds. The van der Waals surface area contributed by atoms with Crippen molar-refractivity contribution in [2.75, 3.05) is 0 Å². The number of amides is 3. The predicted octanol–water partition coefficient (Wildman–Crippen LogP) is 3.20. The molecule has 32 heavy (non-hydrogen) atoms. The molecule has 0 unspecified atom stereocenters. The van der Waals surface area contributed by atoms with E-state index < -0.39 is 18.0 Å². The van der Waals surface area contributed by atoms with Crippen LogP contribution in [-0.4, -0.2) is 28.9 Å². The number of aromatic nitrogens is 1. The summed E-state index contributed by atoms with van der Waals surface area (Å²) in [6.45, 7) is 3.90. The van der Waals surface area contributed by atoms with E-state index in [0.717, 1.165) is 22.0 Å². The van der Waals surface area contributed by atoms with Crippen molar-refractivity contribution in [3.8, 4) is 0 Å². The Balaban J connectivity index is 1.67. The quantitative estimate of drug-likeness (QED) is 0.406. The van der Waals surface area contributed by atoms with E-state index in [1.165, 1.54) is 0 Å². The maximum Gasteiger partial charge on any atom is 0.408 e. The molecule has 0 bridgehead atoms. The van der Waals surface area contributed by atoms with E-state index in [9.17, 15) is 14.4 Å². The molecule has 168 valence electrons. The number of aromatic amines is 1. The minimum atomic E-state index is -0.947. The molecule has 0 saturated heterocycles. The van der Waals surface area contributed by atoms with Gasteiger partial charge in [-0.2, -0.15) is 0 Å². The minimum absolute atomic E-state index is 0.0826. The topological polar surface area (TPSA) is 112 Å². The molecular weight excluding hydrogens is 408 g/mol.